The highest BCUT2D eigenvalue weighted by atomic mass is 19.1. The highest BCUT2D eigenvalue weighted by Gasteiger charge is 2.29. The first kappa shape index (κ1) is 16.1. The van der Waals surface area contributed by atoms with E-state index in [4.69, 9.17) is 4.42 Å². The molecule has 2 aliphatic rings. The second-order valence-electron chi connectivity index (χ2n) is 6.99. The monoisotopic (exact) mass is 359 g/mol. The van der Waals surface area contributed by atoms with Gasteiger partial charge in [0.2, 0.25) is 0 Å². The molecular weight excluding hydrogens is 341 g/mol. The Morgan fingerprint density at radius 2 is 1.81 bits per heavy atom. The van der Waals surface area contributed by atoms with Gasteiger partial charge in [-0.15, -0.1) is 0 Å². The predicted octanol–water partition coefficient (Wildman–Crippen LogP) is 5.46. The minimum Gasteiger partial charge on any atom is -0.461 e. The van der Waals surface area contributed by atoms with Crippen molar-refractivity contribution >= 4 is 23.2 Å². The van der Waals surface area contributed by atoms with Crippen LogP contribution in [0.1, 0.15) is 35.5 Å². The normalized spacial score (nSPS) is 16.9. The molecular formula is C23H18FNO2. The molecule has 1 N–H and O–H groups in total. The van der Waals surface area contributed by atoms with E-state index in [0.29, 0.717) is 16.9 Å². The summed E-state index contributed by atoms with van der Waals surface area (Å²) in [6, 6.07) is 14.8. The Hall–Kier alpha value is -3.14. The molecule has 3 nitrogen and oxygen atoms in total. The summed E-state index contributed by atoms with van der Waals surface area (Å²) < 4.78 is 20.2. The Bertz CT molecular complexity index is 1080. The molecule has 4 heteroatoms. The van der Waals surface area contributed by atoms with Crippen LogP contribution in [0.25, 0.3) is 22.8 Å². The Kier molecular flexibility index (Phi) is 3.71. The largest absolute Gasteiger partial charge is 0.461 e. The summed E-state index contributed by atoms with van der Waals surface area (Å²) >= 11 is 0. The molecule has 0 saturated carbocycles. The van der Waals surface area contributed by atoms with Gasteiger partial charge in [0.05, 0.1) is 11.3 Å². The molecule has 0 unspecified atom stereocenters. The molecule has 3 aromatic rings. The van der Waals surface area contributed by atoms with Crippen molar-refractivity contribution in [3.8, 4) is 11.1 Å². The van der Waals surface area contributed by atoms with Crippen LogP contribution in [0.2, 0.25) is 0 Å². The van der Waals surface area contributed by atoms with Crippen molar-refractivity contribution in [1.29, 1.82) is 0 Å². The zero-order valence-corrected chi connectivity index (χ0v) is 14.7. The fourth-order valence-corrected chi connectivity index (χ4v) is 4.06. The van der Waals surface area contributed by atoms with E-state index in [1.165, 1.54) is 11.6 Å². The van der Waals surface area contributed by atoms with E-state index in [1.807, 2.05) is 18.2 Å². The number of rotatable bonds is 2. The molecule has 2 heterocycles. The summed E-state index contributed by atoms with van der Waals surface area (Å²) in [6.45, 7) is 0. The fourth-order valence-electron chi connectivity index (χ4n) is 4.06. The number of fused-ring (bicyclic) bond motifs is 2. The van der Waals surface area contributed by atoms with Crippen molar-refractivity contribution in [2.75, 3.05) is 5.32 Å². The first-order valence-electron chi connectivity index (χ1n) is 9.24. The molecule has 2 aromatic carbocycles. The Morgan fingerprint density at radius 3 is 2.67 bits per heavy atom. The number of aryl methyl sites for hydroxylation is 1. The van der Waals surface area contributed by atoms with Crippen LogP contribution in [-0.4, -0.2) is 5.91 Å². The maximum absolute atomic E-state index is 14.0. The lowest BCUT2D eigenvalue weighted by Crippen LogP contribution is -2.04. The highest BCUT2D eigenvalue weighted by Crippen LogP contribution is 2.41. The SMILES string of the molecule is O=C1Nc2c(F)cccc2C1=Cc1oc2c(c1-c1ccccc1)CCCC2. The third-order valence-corrected chi connectivity index (χ3v) is 5.32. The van der Waals surface area contributed by atoms with Crippen LogP contribution in [-0.2, 0) is 17.6 Å². The molecule has 5 rings (SSSR count). The topological polar surface area (TPSA) is 42.2 Å². The van der Waals surface area contributed by atoms with Gasteiger partial charge in [-0.1, -0.05) is 42.5 Å². The maximum atomic E-state index is 14.0. The number of halogens is 1. The summed E-state index contributed by atoms with van der Waals surface area (Å²) in [5.74, 6) is 0.954. The third-order valence-electron chi connectivity index (χ3n) is 5.32. The molecule has 0 atom stereocenters. The Labute approximate surface area is 156 Å². The van der Waals surface area contributed by atoms with E-state index in [1.54, 1.807) is 18.2 Å². The fraction of sp³-hybridized carbons (Fsp3) is 0.174. The van der Waals surface area contributed by atoms with E-state index in [2.05, 4.69) is 17.4 Å². The van der Waals surface area contributed by atoms with Crippen molar-refractivity contribution in [1.82, 2.24) is 0 Å². The minimum absolute atomic E-state index is 0.242. The first-order valence-corrected chi connectivity index (χ1v) is 9.24. The quantitative estimate of drug-likeness (QED) is 0.618. The number of nitrogens with one attached hydrogen (secondary N) is 1. The van der Waals surface area contributed by atoms with Gasteiger partial charge in [0, 0.05) is 23.1 Å². The van der Waals surface area contributed by atoms with Gasteiger partial charge in [0.1, 0.15) is 17.3 Å². The summed E-state index contributed by atoms with van der Waals surface area (Å²) in [5.41, 5.74) is 4.62. The Balaban J connectivity index is 1.71. The third kappa shape index (κ3) is 2.60. The summed E-state index contributed by atoms with van der Waals surface area (Å²) in [5, 5.41) is 2.63. The van der Waals surface area contributed by atoms with Crippen LogP contribution >= 0.6 is 0 Å². The number of anilines is 1. The van der Waals surface area contributed by atoms with E-state index in [9.17, 15) is 9.18 Å². The van der Waals surface area contributed by atoms with Crippen molar-refractivity contribution in [3.63, 3.8) is 0 Å². The summed E-state index contributed by atoms with van der Waals surface area (Å²) in [7, 11) is 0. The van der Waals surface area contributed by atoms with Gasteiger partial charge in [0.15, 0.2) is 0 Å². The van der Waals surface area contributed by atoms with E-state index in [0.717, 1.165) is 42.6 Å². The summed E-state index contributed by atoms with van der Waals surface area (Å²) in [4.78, 5) is 12.5. The van der Waals surface area contributed by atoms with E-state index >= 15 is 0 Å². The lowest BCUT2D eigenvalue weighted by molar-refractivity contribution is -0.110. The maximum Gasteiger partial charge on any atom is 0.256 e. The molecule has 1 aromatic heterocycles. The van der Waals surface area contributed by atoms with Gasteiger partial charge in [-0.2, -0.15) is 0 Å². The number of furan rings is 1. The smallest absolute Gasteiger partial charge is 0.256 e. The van der Waals surface area contributed by atoms with Crippen LogP contribution in [0, 0.1) is 5.82 Å². The van der Waals surface area contributed by atoms with Crippen LogP contribution in [0.5, 0.6) is 0 Å². The minimum atomic E-state index is -0.425. The van der Waals surface area contributed by atoms with Crippen LogP contribution in [0.15, 0.2) is 52.9 Å². The Morgan fingerprint density at radius 1 is 1.00 bits per heavy atom. The molecule has 1 aliphatic carbocycles. The van der Waals surface area contributed by atoms with Crippen LogP contribution in [0.3, 0.4) is 0 Å². The highest BCUT2D eigenvalue weighted by molar-refractivity contribution is 6.35. The van der Waals surface area contributed by atoms with Gasteiger partial charge in [-0.25, -0.2) is 4.39 Å². The average molecular weight is 359 g/mol. The number of amides is 1. The lowest BCUT2D eigenvalue weighted by atomic mass is 9.91. The average Bonchev–Trinajstić information content (AvgIpc) is 3.21. The van der Waals surface area contributed by atoms with Gasteiger partial charge >= 0.3 is 0 Å². The van der Waals surface area contributed by atoms with Crippen LogP contribution in [0.4, 0.5) is 10.1 Å². The van der Waals surface area contributed by atoms with Crippen LogP contribution < -0.4 is 5.32 Å². The lowest BCUT2D eigenvalue weighted by Gasteiger charge is -2.11. The van der Waals surface area contributed by atoms with Gasteiger partial charge in [-0.3, -0.25) is 4.79 Å². The van der Waals surface area contributed by atoms with Crippen molar-refractivity contribution in [2.45, 2.75) is 25.7 Å². The van der Waals surface area contributed by atoms with Crippen molar-refractivity contribution in [2.24, 2.45) is 0 Å². The zero-order valence-electron chi connectivity index (χ0n) is 14.7. The second-order valence-corrected chi connectivity index (χ2v) is 6.99. The number of carbonyl (C=O) groups is 1. The molecule has 27 heavy (non-hydrogen) atoms. The van der Waals surface area contributed by atoms with Gasteiger partial charge in [0.25, 0.3) is 5.91 Å². The number of hydrogen-bond acceptors (Lipinski definition) is 2. The first-order chi connectivity index (χ1) is 13.2. The molecule has 1 aliphatic heterocycles. The van der Waals surface area contributed by atoms with Crippen molar-refractivity contribution < 1.29 is 13.6 Å². The molecule has 0 spiro atoms. The molecule has 0 saturated heterocycles. The zero-order chi connectivity index (χ0) is 18.4. The molecule has 0 radical (unpaired) electrons. The standard InChI is InChI=1S/C23H18FNO2/c24-18-11-6-10-15-17(23(26)25-22(15)18)13-20-21(14-7-2-1-3-8-14)16-9-4-5-12-19(16)27-20/h1-3,6-8,10-11,13H,4-5,9,12H2,(H,25,26). The van der Waals surface area contributed by atoms with E-state index in [-0.39, 0.29) is 11.6 Å². The molecule has 134 valence electrons. The van der Waals surface area contributed by atoms with Gasteiger partial charge < -0.3 is 9.73 Å². The number of benzene rings is 2. The van der Waals surface area contributed by atoms with E-state index < -0.39 is 5.82 Å². The van der Waals surface area contributed by atoms with Crippen molar-refractivity contribution in [3.05, 3.63) is 77.0 Å². The number of carbonyl (C=O) groups excluding carboxylic acids is 1. The summed E-state index contributed by atoms with van der Waals surface area (Å²) in [6.07, 6.45) is 5.90. The molecule has 0 fully saturated rings. The van der Waals surface area contributed by atoms with Gasteiger partial charge in [-0.05, 0) is 37.0 Å². The number of para-hydroxylation sites is 1. The second kappa shape index (κ2) is 6.23. The number of hydrogen-bond donors (Lipinski definition) is 1. The molecule has 0 bridgehead atoms. The molecule has 1 amide bonds. The predicted molar refractivity (Wildman–Crippen MR) is 104 cm³/mol.